The molecule has 0 aliphatic heterocycles. The SMILES string of the molecule is COc1cc(CCN(C)C)cc(Br)c1OC. The van der Waals surface area contributed by atoms with Crippen LogP contribution in [0.3, 0.4) is 0 Å². The second kappa shape index (κ2) is 6.11. The molecule has 0 spiro atoms. The van der Waals surface area contributed by atoms with E-state index in [-0.39, 0.29) is 0 Å². The lowest BCUT2D eigenvalue weighted by atomic mass is 10.1. The highest BCUT2D eigenvalue weighted by molar-refractivity contribution is 9.10. The van der Waals surface area contributed by atoms with E-state index in [1.807, 2.05) is 6.07 Å². The number of hydrogen-bond donors (Lipinski definition) is 0. The van der Waals surface area contributed by atoms with E-state index in [1.54, 1.807) is 14.2 Å². The Morgan fingerprint density at radius 1 is 1.19 bits per heavy atom. The second-order valence-corrected chi connectivity index (χ2v) is 4.72. The van der Waals surface area contributed by atoms with Crippen molar-refractivity contribution in [1.82, 2.24) is 4.90 Å². The molecule has 0 bridgehead atoms. The zero-order valence-electron chi connectivity index (χ0n) is 10.2. The van der Waals surface area contributed by atoms with Crippen molar-refractivity contribution in [2.75, 3.05) is 34.9 Å². The summed E-state index contributed by atoms with van der Waals surface area (Å²) < 4.78 is 11.5. The van der Waals surface area contributed by atoms with Gasteiger partial charge in [-0.3, -0.25) is 0 Å². The Bertz CT molecular complexity index is 353. The van der Waals surface area contributed by atoms with Gasteiger partial charge in [-0.1, -0.05) is 0 Å². The van der Waals surface area contributed by atoms with Crippen LogP contribution < -0.4 is 9.47 Å². The molecule has 0 aliphatic rings. The summed E-state index contributed by atoms with van der Waals surface area (Å²) in [4.78, 5) is 2.16. The lowest BCUT2D eigenvalue weighted by Crippen LogP contribution is -2.15. The van der Waals surface area contributed by atoms with Crippen LogP contribution in [-0.4, -0.2) is 39.8 Å². The maximum atomic E-state index is 5.30. The first-order valence-corrected chi connectivity index (χ1v) is 5.93. The number of hydrogen-bond acceptors (Lipinski definition) is 3. The molecule has 3 nitrogen and oxygen atoms in total. The highest BCUT2D eigenvalue weighted by atomic mass is 79.9. The minimum Gasteiger partial charge on any atom is -0.493 e. The van der Waals surface area contributed by atoms with Crippen molar-refractivity contribution in [3.8, 4) is 11.5 Å². The third kappa shape index (κ3) is 3.39. The van der Waals surface area contributed by atoms with E-state index in [4.69, 9.17) is 9.47 Å². The fourth-order valence-corrected chi connectivity index (χ4v) is 2.12. The summed E-state index contributed by atoms with van der Waals surface area (Å²) in [5.41, 5.74) is 1.23. The quantitative estimate of drug-likeness (QED) is 0.831. The van der Waals surface area contributed by atoms with Gasteiger partial charge in [-0.15, -0.1) is 0 Å². The smallest absolute Gasteiger partial charge is 0.174 e. The van der Waals surface area contributed by atoms with Crippen LogP contribution in [0.1, 0.15) is 5.56 Å². The van der Waals surface area contributed by atoms with Gasteiger partial charge in [0.1, 0.15) is 0 Å². The van der Waals surface area contributed by atoms with Crippen LogP contribution in [0.2, 0.25) is 0 Å². The molecule has 0 amide bonds. The van der Waals surface area contributed by atoms with Crippen molar-refractivity contribution in [2.24, 2.45) is 0 Å². The molecule has 0 atom stereocenters. The number of rotatable bonds is 5. The molecule has 0 radical (unpaired) electrons. The van der Waals surface area contributed by atoms with Crippen molar-refractivity contribution in [3.63, 3.8) is 0 Å². The van der Waals surface area contributed by atoms with Crippen LogP contribution in [0.5, 0.6) is 11.5 Å². The molecule has 1 rings (SSSR count). The van der Waals surface area contributed by atoms with E-state index in [1.165, 1.54) is 5.56 Å². The van der Waals surface area contributed by atoms with Crippen LogP contribution in [0.15, 0.2) is 16.6 Å². The average molecular weight is 288 g/mol. The maximum Gasteiger partial charge on any atom is 0.174 e. The molecule has 16 heavy (non-hydrogen) atoms. The van der Waals surface area contributed by atoms with Crippen LogP contribution >= 0.6 is 15.9 Å². The Labute approximate surface area is 105 Å². The molecule has 1 aromatic carbocycles. The fraction of sp³-hybridized carbons (Fsp3) is 0.500. The molecule has 0 aromatic heterocycles. The number of likely N-dealkylation sites (N-methyl/N-ethyl adjacent to an activating group) is 1. The second-order valence-electron chi connectivity index (χ2n) is 3.87. The van der Waals surface area contributed by atoms with Crippen LogP contribution in [0.25, 0.3) is 0 Å². The van der Waals surface area contributed by atoms with Gasteiger partial charge in [-0.25, -0.2) is 0 Å². The first-order valence-electron chi connectivity index (χ1n) is 5.13. The Kier molecular flexibility index (Phi) is 5.09. The Morgan fingerprint density at radius 3 is 2.38 bits per heavy atom. The van der Waals surface area contributed by atoms with Crippen molar-refractivity contribution in [2.45, 2.75) is 6.42 Å². The van der Waals surface area contributed by atoms with Crippen LogP contribution in [0.4, 0.5) is 0 Å². The standard InChI is InChI=1S/C12H18BrNO2/c1-14(2)6-5-9-7-10(13)12(16-4)11(8-9)15-3/h7-8H,5-6H2,1-4H3. The minimum absolute atomic E-state index is 0.746. The van der Waals surface area contributed by atoms with Gasteiger partial charge in [-0.2, -0.15) is 0 Å². The third-order valence-electron chi connectivity index (χ3n) is 2.34. The van der Waals surface area contributed by atoms with Crippen molar-refractivity contribution in [3.05, 3.63) is 22.2 Å². The van der Waals surface area contributed by atoms with Crippen molar-refractivity contribution in [1.29, 1.82) is 0 Å². The first kappa shape index (κ1) is 13.3. The van der Waals surface area contributed by atoms with Gasteiger partial charge in [0.2, 0.25) is 0 Å². The fourth-order valence-electron chi connectivity index (χ4n) is 1.47. The molecule has 0 N–H and O–H groups in total. The summed E-state index contributed by atoms with van der Waals surface area (Å²) in [5, 5.41) is 0. The number of benzene rings is 1. The molecule has 0 saturated carbocycles. The molecular formula is C12H18BrNO2. The molecular weight excluding hydrogens is 270 g/mol. The highest BCUT2D eigenvalue weighted by Gasteiger charge is 2.10. The number of ether oxygens (including phenoxy) is 2. The minimum atomic E-state index is 0.746. The van der Waals surface area contributed by atoms with E-state index in [0.717, 1.165) is 28.9 Å². The normalized spacial score (nSPS) is 10.6. The van der Waals surface area contributed by atoms with E-state index in [2.05, 4.69) is 41.0 Å². The zero-order valence-corrected chi connectivity index (χ0v) is 11.8. The molecule has 90 valence electrons. The Hall–Kier alpha value is -0.740. The van der Waals surface area contributed by atoms with Gasteiger partial charge in [0.15, 0.2) is 11.5 Å². The predicted molar refractivity (Wildman–Crippen MR) is 69.5 cm³/mol. The van der Waals surface area contributed by atoms with E-state index in [9.17, 15) is 0 Å². The average Bonchev–Trinajstić information content (AvgIpc) is 2.25. The van der Waals surface area contributed by atoms with Crippen molar-refractivity contribution < 1.29 is 9.47 Å². The summed E-state index contributed by atoms with van der Waals surface area (Å²) in [6.45, 7) is 1.02. The molecule has 0 fully saturated rings. The Morgan fingerprint density at radius 2 is 1.88 bits per heavy atom. The molecule has 4 heteroatoms. The summed E-state index contributed by atoms with van der Waals surface area (Å²) >= 11 is 3.49. The molecule has 0 aliphatic carbocycles. The molecule has 0 unspecified atom stereocenters. The zero-order chi connectivity index (χ0) is 12.1. The van der Waals surface area contributed by atoms with Gasteiger partial charge in [0.25, 0.3) is 0 Å². The van der Waals surface area contributed by atoms with Gasteiger partial charge in [0, 0.05) is 6.54 Å². The lowest BCUT2D eigenvalue weighted by Gasteiger charge is -2.13. The summed E-state index contributed by atoms with van der Waals surface area (Å²) in [6.07, 6.45) is 0.992. The van der Waals surface area contributed by atoms with Gasteiger partial charge >= 0.3 is 0 Å². The van der Waals surface area contributed by atoms with E-state index in [0.29, 0.717) is 0 Å². The van der Waals surface area contributed by atoms with Crippen LogP contribution in [0, 0.1) is 0 Å². The van der Waals surface area contributed by atoms with Gasteiger partial charge in [-0.05, 0) is 54.1 Å². The van der Waals surface area contributed by atoms with E-state index < -0.39 is 0 Å². The number of halogens is 1. The van der Waals surface area contributed by atoms with Gasteiger partial charge in [0.05, 0.1) is 18.7 Å². The molecule has 0 saturated heterocycles. The topological polar surface area (TPSA) is 21.7 Å². The highest BCUT2D eigenvalue weighted by Crippen LogP contribution is 2.36. The number of nitrogens with zero attached hydrogens (tertiary/aromatic N) is 1. The van der Waals surface area contributed by atoms with E-state index >= 15 is 0 Å². The monoisotopic (exact) mass is 287 g/mol. The largest absolute Gasteiger partial charge is 0.493 e. The van der Waals surface area contributed by atoms with Gasteiger partial charge < -0.3 is 14.4 Å². The first-order chi connectivity index (χ1) is 7.58. The number of methoxy groups -OCH3 is 2. The summed E-state index contributed by atoms with van der Waals surface area (Å²) in [6, 6.07) is 4.10. The molecule has 0 heterocycles. The maximum absolute atomic E-state index is 5.30. The lowest BCUT2D eigenvalue weighted by molar-refractivity contribution is 0.352. The summed E-state index contributed by atoms with van der Waals surface area (Å²) in [7, 11) is 7.42. The Balaban J connectivity index is 2.92. The molecule has 1 aromatic rings. The summed E-state index contributed by atoms with van der Waals surface area (Å²) in [5.74, 6) is 1.52. The van der Waals surface area contributed by atoms with Crippen molar-refractivity contribution >= 4 is 15.9 Å². The third-order valence-corrected chi connectivity index (χ3v) is 2.93. The predicted octanol–water partition coefficient (Wildman–Crippen LogP) is 2.57. The van der Waals surface area contributed by atoms with Crippen LogP contribution in [-0.2, 0) is 6.42 Å².